The lowest BCUT2D eigenvalue weighted by atomic mass is 10.1. The number of hydrogen-bond acceptors (Lipinski definition) is 4. The van der Waals surface area contributed by atoms with Crippen LogP contribution < -0.4 is 5.32 Å². The normalized spacial score (nSPS) is 15.5. The van der Waals surface area contributed by atoms with E-state index < -0.39 is 6.04 Å². The van der Waals surface area contributed by atoms with E-state index in [1.54, 1.807) is 0 Å². The van der Waals surface area contributed by atoms with Gasteiger partial charge in [0.25, 0.3) is 0 Å². The van der Waals surface area contributed by atoms with Crippen LogP contribution in [0.15, 0.2) is 72.8 Å². The highest BCUT2D eigenvalue weighted by atomic mass is 16.2. The monoisotopic (exact) mass is 444 g/mol. The van der Waals surface area contributed by atoms with E-state index in [1.165, 1.54) is 5.56 Å². The molecule has 1 N–H and O–H groups in total. The van der Waals surface area contributed by atoms with Crippen LogP contribution in [0.4, 0.5) is 5.69 Å². The van der Waals surface area contributed by atoms with Gasteiger partial charge in [-0.3, -0.25) is 19.4 Å². The van der Waals surface area contributed by atoms with E-state index in [9.17, 15) is 9.59 Å². The van der Waals surface area contributed by atoms with Gasteiger partial charge in [0.1, 0.15) is 0 Å². The zero-order valence-electron chi connectivity index (χ0n) is 19.4. The Labute approximate surface area is 195 Å². The molecule has 0 unspecified atom stereocenters. The topological polar surface area (TPSA) is 55.9 Å². The quantitative estimate of drug-likeness (QED) is 0.607. The minimum atomic E-state index is -0.424. The van der Waals surface area contributed by atoms with Crippen LogP contribution in [0, 0.1) is 0 Å². The molecule has 1 atom stereocenters. The molecule has 3 aromatic rings. The van der Waals surface area contributed by atoms with E-state index in [-0.39, 0.29) is 18.4 Å². The first-order chi connectivity index (χ1) is 16.0. The Hall–Kier alpha value is -3.22. The van der Waals surface area contributed by atoms with Gasteiger partial charge in [-0.25, -0.2) is 0 Å². The lowest BCUT2D eigenvalue weighted by Crippen LogP contribution is -2.52. The standard InChI is InChI=1S/C27H32N4O2/c1-21(27(33)28-25-14-8-12-23-11-6-7-13-24(23)25)29(2)20-26(32)31-17-15-30(16-18-31)19-22-9-4-3-5-10-22/h3-14,21H,15-20H2,1-2H3,(H,28,33)/t21-/m0/s1. The predicted molar refractivity (Wildman–Crippen MR) is 133 cm³/mol. The molecule has 2 amide bonds. The summed E-state index contributed by atoms with van der Waals surface area (Å²) in [5.41, 5.74) is 2.09. The number of piperazine rings is 1. The number of likely N-dealkylation sites (N-methyl/N-ethyl adjacent to an activating group) is 1. The molecule has 0 aliphatic carbocycles. The van der Waals surface area contributed by atoms with Gasteiger partial charge in [0.2, 0.25) is 11.8 Å². The second-order valence-corrected chi connectivity index (χ2v) is 8.75. The lowest BCUT2D eigenvalue weighted by molar-refractivity contribution is -0.135. The van der Waals surface area contributed by atoms with Crippen molar-refractivity contribution in [2.75, 3.05) is 45.1 Å². The maximum atomic E-state index is 12.9. The van der Waals surface area contributed by atoms with Gasteiger partial charge in [-0.1, -0.05) is 66.7 Å². The van der Waals surface area contributed by atoms with Gasteiger partial charge in [-0.2, -0.15) is 0 Å². The van der Waals surface area contributed by atoms with Crippen molar-refractivity contribution in [1.29, 1.82) is 0 Å². The molecule has 0 radical (unpaired) electrons. The summed E-state index contributed by atoms with van der Waals surface area (Å²) in [5.74, 6) is -0.0454. The molecular weight excluding hydrogens is 412 g/mol. The first-order valence-electron chi connectivity index (χ1n) is 11.5. The first kappa shape index (κ1) is 23.0. The fourth-order valence-corrected chi connectivity index (χ4v) is 4.22. The molecule has 0 bridgehead atoms. The van der Waals surface area contributed by atoms with Crippen molar-refractivity contribution < 1.29 is 9.59 Å². The van der Waals surface area contributed by atoms with E-state index in [0.717, 1.165) is 49.2 Å². The van der Waals surface area contributed by atoms with Crippen molar-refractivity contribution in [2.24, 2.45) is 0 Å². The van der Waals surface area contributed by atoms with Crippen LogP contribution in [0.3, 0.4) is 0 Å². The third-order valence-electron chi connectivity index (χ3n) is 6.45. The van der Waals surface area contributed by atoms with E-state index in [4.69, 9.17) is 0 Å². The van der Waals surface area contributed by atoms with Crippen LogP contribution in [0.25, 0.3) is 10.8 Å². The summed E-state index contributed by atoms with van der Waals surface area (Å²) >= 11 is 0. The molecule has 0 saturated carbocycles. The molecule has 1 fully saturated rings. The first-order valence-corrected chi connectivity index (χ1v) is 11.5. The van der Waals surface area contributed by atoms with E-state index in [0.29, 0.717) is 0 Å². The van der Waals surface area contributed by atoms with Crippen molar-refractivity contribution in [3.05, 3.63) is 78.4 Å². The van der Waals surface area contributed by atoms with Crippen LogP contribution in [-0.4, -0.2) is 72.3 Å². The molecule has 1 aliphatic rings. The number of anilines is 1. The minimum Gasteiger partial charge on any atom is -0.339 e. The van der Waals surface area contributed by atoms with Crippen molar-refractivity contribution in [3.8, 4) is 0 Å². The largest absolute Gasteiger partial charge is 0.339 e. The number of nitrogens with zero attached hydrogens (tertiary/aromatic N) is 3. The van der Waals surface area contributed by atoms with Crippen LogP contribution in [0.1, 0.15) is 12.5 Å². The van der Waals surface area contributed by atoms with E-state index >= 15 is 0 Å². The Balaban J connectivity index is 1.27. The molecule has 33 heavy (non-hydrogen) atoms. The number of fused-ring (bicyclic) bond motifs is 1. The van der Waals surface area contributed by atoms with E-state index in [1.807, 2.05) is 72.3 Å². The summed E-state index contributed by atoms with van der Waals surface area (Å²) in [7, 11) is 1.83. The molecule has 172 valence electrons. The SMILES string of the molecule is C[C@@H](C(=O)Nc1cccc2ccccc12)N(C)CC(=O)N1CCN(Cc2ccccc2)CC1. The van der Waals surface area contributed by atoms with Crippen LogP contribution in [0.2, 0.25) is 0 Å². The van der Waals surface area contributed by atoms with Crippen molar-refractivity contribution in [3.63, 3.8) is 0 Å². The number of rotatable bonds is 7. The Morgan fingerprint density at radius 1 is 0.909 bits per heavy atom. The molecule has 6 heteroatoms. The second kappa shape index (κ2) is 10.6. The molecule has 0 spiro atoms. The van der Waals surface area contributed by atoms with Gasteiger partial charge in [0.05, 0.1) is 12.6 Å². The van der Waals surface area contributed by atoms with Gasteiger partial charge in [-0.05, 0) is 31.0 Å². The van der Waals surface area contributed by atoms with Crippen molar-refractivity contribution in [1.82, 2.24) is 14.7 Å². The van der Waals surface area contributed by atoms with Gasteiger partial charge in [0, 0.05) is 43.8 Å². The highest BCUT2D eigenvalue weighted by Gasteiger charge is 2.25. The third kappa shape index (κ3) is 5.78. The molecule has 0 aromatic heterocycles. The molecule has 1 heterocycles. The fourth-order valence-electron chi connectivity index (χ4n) is 4.22. The molecule has 6 nitrogen and oxygen atoms in total. The number of carbonyl (C=O) groups excluding carboxylic acids is 2. The Bertz CT molecular complexity index is 1090. The zero-order chi connectivity index (χ0) is 23.2. The number of carbonyl (C=O) groups is 2. The maximum Gasteiger partial charge on any atom is 0.241 e. The molecule has 4 rings (SSSR count). The van der Waals surface area contributed by atoms with Crippen LogP contribution in [-0.2, 0) is 16.1 Å². The highest BCUT2D eigenvalue weighted by Crippen LogP contribution is 2.23. The van der Waals surface area contributed by atoms with E-state index in [2.05, 4.69) is 34.5 Å². The summed E-state index contributed by atoms with van der Waals surface area (Å²) in [6.45, 7) is 6.14. The van der Waals surface area contributed by atoms with Crippen molar-refractivity contribution in [2.45, 2.75) is 19.5 Å². The number of nitrogens with one attached hydrogen (secondary N) is 1. The predicted octanol–water partition coefficient (Wildman–Crippen LogP) is 3.44. The summed E-state index contributed by atoms with van der Waals surface area (Å²) in [5, 5.41) is 5.12. The average molecular weight is 445 g/mol. The zero-order valence-corrected chi connectivity index (χ0v) is 19.4. The number of amides is 2. The lowest BCUT2D eigenvalue weighted by Gasteiger charge is -2.36. The Morgan fingerprint density at radius 2 is 1.58 bits per heavy atom. The highest BCUT2D eigenvalue weighted by molar-refractivity contribution is 6.03. The van der Waals surface area contributed by atoms with Gasteiger partial charge in [0.15, 0.2) is 0 Å². The van der Waals surface area contributed by atoms with Gasteiger partial charge >= 0.3 is 0 Å². The smallest absolute Gasteiger partial charge is 0.241 e. The molecular formula is C27H32N4O2. The molecule has 3 aromatic carbocycles. The number of benzene rings is 3. The van der Waals surface area contributed by atoms with Gasteiger partial charge in [-0.15, -0.1) is 0 Å². The van der Waals surface area contributed by atoms with Crippen LogP contribution >= 0.6 is 0 Å². The third-order valence-corrected chi connectivity index (χ3v) is 6.45. The summed E-state index contributed by atoms with van der Waals surface area (Å²) in [6, 6.07) is 23.8. The average Bonchev–Trinajstić information content (AvgIpc) is 2.84. The Kier molecular flexibility index (Phi) is 7.37. The second-order valence-electron chi connectivity index (χ2n) is 8.75. The fraction of sp³-hybridized carbons (Fsp3) is 0.333. The van der Waals surface area contributed by atoms with Crippen LogP contribution in [0.5, 0.6) is 0 Å². The minimum absolute atomic E-state index is 0.0710. The maximum absolute atomic E-state index is 12.9. The van der Waals surface area contributed by atoms with Gasteiger partial charge < -0.3 is 10.2 Å². The summed E-state index contributed by atoms with van der Waals surface area (Å²) in [4.78, 5) is 31.9. The summed E-state index contributed by atoms with van der Waals surface area (Å²) < 4.78 is 0. The Morgan fingerprint density at radius 3 is 2.33 bits per heavy atom. The molecule has 1 aliphatic heterocycles. The van der Waals surface area contributed by atoms with Crippen molar-refractivity contribution >= 4 is 28.3 Å². The molecule has 1 saturated heterocycles. The number of hydrogen-bond donors (Lipinski definition) is 1. The summed E-state index contributed by atoms with van der Waals surface area (Å²) in [6.07, 6.45) is 0.